The third kappa shape index (κ3) is 3.97. The molecule has 1 atom stereocenters. The number of hydrogen-bond donors (Lipinski definition) is 1. The molecule has 0 saturated carbocycles. The third-order valence-electron chi connectivity index (χ3n) is 3.16. The SMILES string of the molecule is CCC(NCc1cc(Cl)ccc1Cl)c1ccccc1. The number of hydrogen-bond acceptors (Lipinski definition) is 1. The smallest absolute Gasteiger partial charge is 0.0451 e. The van der Waals surface area contributed by atoms with Crippen LogP contribution >= 0.6 is 23.2 Å². The lowest BCUT2D eigenvalue weighted by atomic mass is 10.0. The fourth-order valence-corrected chi connectivity index (χ4v) is 2.47. The van der Waals surface area contributed by atoms with Crippen LogP contribution in [0.15, 0.2) is 48.5 Å². The van der Waals surface area contributed by atoms with Crippen LogP contribution < -0.4 is 5.32 Å². The summed E-state index contributed by atoms with van der Waals surface area (Å²) in [6, 6.07) is 16.3. The summed E-state index contributed by atoms with van der Waals surface area (Å²) in [6.45, 7) is 2.89. The summed E-state index contributed by atoms with van der Waals surface area (Å²) >= 11 is 12.2. The maximum atomic E-state index is 6.17. The van der Waals surface area contributed by atoms with Crippen molar-refractivity contribution >= 4 is 23.2 Å². The quantitative estimate of drug-likeness (QED) is 0.795. The Kier molecular flexibility index (Phi) is 5.26. The Hall–Kier alpha value is -1.02. The molecule has 0 aliphatic rings. The largest absolute Gasteiger partial charge is 0.306 e. The summed E-state index contributed by atoms with van der Waals surface area (Å²) < 4.78 is 0. The molecule has 0 radical (unpaired) electrons. The van der Waals surface area contributed by atoms with Crippen LogP contribution in [-0.2, 0) is 6.54 Å². The Bertz CT molecular complexity index is 526. The van der Waals surface area contributed by atoms with Gasteiger partial charge in [-0.05, 0) is 35.7 Å². The fourth-order valence-electron chi connectivity index (χ4n) is 2.10. The first-order chi connectivity index (χ1) is 9.20. The van der Waals surface area contributed by atoms with Gasteiger partial charge in [0.05, 0.1) is 0 Å². The zero-order valence-corrected chi connectivity index (χ0v) is 12.4. The maximum absolute atomic E-state index is 6.17. The number of halogens is 2. The molecular weight excluding hydrogens is 277 g/mol. The molecule has 1 nitrogen and oxygen atoms in total. The van der Waals surface area contributed by atoms with E-state index in [1.54, 1.807) is 0 Å². The minimum absolute atomic E-state index is 0.330. The van der Waals surface area contributed by atoms with Crippen molar-refractivity contribution < 1.29 is 0 Å². The van der Waals surface area contributed by atoms with E-state index in [1.807, 2.05) is 24.3 Å². The highest BCUT2D eigenvalue weighted by molar-refractivity contribution is 6.33. The van der Waals surface area contributed by atoms with Crippen LogP contribution in [0.2, 0.25) is 10.0 Å². The van der Waals surface area contributed by atoms with E-state index < -0.39 is 0 Å². The van der Waals surface area contributed by atoms with E-state index in [9.17, 15) is 0 Å². The zero-order chi connectivity index (χ0) is 13.7. The van der Waals surface area contributed by atoms with Gasteiger partial charge in [-0.15, -0.1) is 0 Å². The Morgan fingerprint density at radius 3 is 2.47 bits per heavy atom. The van der Waals surface area contributed by atoms with Crippen LogP contribution in [0.3, 0.4) is 0 Å². The van der Waals surface area contributed by atoms with Gasteiger partial charge in [0.1, 0.15) is 0 Å². The number of rotatable bonds is 5. The molecule has 0 bridgehead atoms. The molecule has 0 aliphatic heterocycles. The van der Waals surface area contributed by atoms with E-state index in [-0.39, 0.29) is 0 Å². The molecule has 0 saturated heterocycles. The molecule has 0 fully saturated rings. The van der Waals surface area contributed by atoms with Gasteiger partial charge in [0, 0.05) is 22.6 Å². The van der Waals surface area contributed by atoms with Gasteiger partial charge in [0.25, 0.3) is 0 Å². The average molecular weight is 294 g/mol. The minimum Gasteiger partial charge on any atom is -0.306 e. The fraction of sp³-hybridized carbons (Fsp3) is 0.250. The first-order valence-corrected chi connectivity index (χ1v) is 7.18. The molecule has 1 N–H and O–H groups in total. The first-order valence-electron chi connectivity index (χ1n) is 6.43. The van der Waals surface area contributed by atoms with Crippen molar-refractivity contribution in [3.05, 3.63) is 69.7 Å². The lowest BCUT2D eigenvalue weighted by Gasteiger charge is -2.18. The monoisotopic (exact) mass is 293 g/mol. The predicted molar refractivity (Wildman–Crippen MR) is 82.8 cm³/mol. The summed E-state index contributed by atoms with van der Waals surface area (Å²) in [7, 11) is 0. The second-order valence-corrected chi connectivity index (χ2v) is 5.33. The Morgan fingerprint density at radius 2 is 1.79 bits per heavy atom. The molecule has 0 aliphatic carbocycles. The van der Waals surface area contributed by atoms with Gasteiger partial charge < -0.3 is 5.32 Å². The molecule has 2 rings (SSSR count). The third-order valence-corrected chi connectivity index (χ3v) is 3.76. The van der Waals surface area contributed by atoms with Crippen molar-refractivity contribution in [2.24, 2.45) is 0 Å². The zero-order valence-electron chi connectivity index (χ0n) is 10.9. The van der Waals surface area contributed by atoms with Crippen molar-refractivity contribution in [1.29, 1.82) is 0 Å². The molecule has 0 aromatic heterocycles. The molecule has 1 unspecified atom stereocenters. The van der Waals surface area contributed by atoms with Crippen LogP contribution in [0, 0.1) is 0 Å². The van der Waals surface area contributed by atoms with Crippen molar-refractivity contribution in [3.63, 3.8) is 0 Å². The highest BCUT2D eigenvalue weighted by Crippen LogP contribution is 2.22. The van der Waals surface area contributed by atoms with Gasteiger partial charge in [-0.2, -0.15) is 0 Å². The van der Waals surface area contributed by atoms with Gasteiger partial charge in [-0.25, -0.2) is 0 Å². The average Bonchev–Trinajstić information content (AvgIpc) is 2.44. The maximum Gasteiger partial charge on any atom is 0.0451 e. The molecule has 2 aromatic carbocycles. The molecule has 100 valence electrons. The van der Waals surface area contributed by atoms with Crippen molar-refractivity contribution in [1.82, 2.24) is 5.32 Å². The normalized spacial score (nSPS) is 12.4. The molecular formula is C16H17Cl2N. The molecule has 19 heavy (non-hydrogen) atoms. The van der Waals surface area contributed by atoms with E-state index in [2.05, 4.69) is 36.5 Å². The van der Waals surface area contributed by atoms with E-state index in [0.717, 1.165) is 17.0 Å². The van der Waals surface area contributed by atoms with Gasteiger partial charge in [0.15, 0.2) is 0 Å². The number of nitrogens with one attached hydrogen (secondary N) is 1. The topological polar surface area (TPSA) is 12.0 Å². The van der Waals surface area contributed by atoms with Gasteiger partial charge in [0.2, 0.25) is 0 Å². The first kappa shape index (κ1) is 14.4. The van der Waals surface area contributed by atoms with Crippen molar-refractivity contribution in [2.75, 3.05) is 0 Å². The van der Waals surface area contributed by atoms with Gasteiger partial charge in [-0.3, -0.25) is 0 Å². The van der Waals surface area contributed by atoms with E-state index in [0.29, 0.717) is 17.6 Å². The molecule has 0 spiro atoms. The van der Waals surface area contributed by atoms with Crippen LogP contribution in [-0.4, -0.2) is 0 Å². The highest BCUT2D eigenvalue weighted by atomic mass is 35.5. The van der Waals surface area contributed by atoms with Crippen LogP contribution in [0.1, 0.15) is 30.5 Å². The summed E-state index contributed by atoms with van der Waals surface area (Å²) in [5, 5.41) is 4.99. The summed E-state index contributed by atoms with van der Waals surface area (Å²) in [5.41, 5.74) is 2.33. The van der Waals surface area contributed by atoms with Crippen LogP contribution in [0.5, 0.6) is 0 Å². The lowest BCUT2D eigenvalue weighted by Crippen LogP contribution is -2.20. The lowest BCUT2D eigenvalue weighted by molar-refractivity contribution is 0.519. The van der Waals surface area contributed by atoms with Crippen LogP contribution in [0.25, 0.3) is 0 Å². The van der Waals surface area contributed by atoms with Gasteiger partial charge >= 0.3 is 0 Å². The molecule has 0 amide bonds. The molecule has 0 heterocycles. The summed E-state index contributed by atoms with van der Waals surface area (Å²) in [4.78, 5) is 0. The van der Waals surface area contributed by atoms with Crippen molar-refractivity contribution in [3.8, 4) is 0 Å². The van der Waals surface area contributed by atoms with E-state index in [1.165, 1.54) is 5.56 Å². The van der Waals surface area contributed by atoms with E-state index in [4.69, 9.17) is 23.2 Å². The van der Waals surface area contributed by atoms with Crippen molar-refractivity contribution in [2.45, 2.75) is 25.9 Å². The summed E-state index contributed by atoms with van der Waals surface area (Å²) in [6.07, 6.45) is 1.03. The molecule has 3 heteroatoms. The minimum atomic E-state index is 0.330. The summed E-state index contributed by atoms with van der Waals surface area (Å²) in [5.74, 6) is 0. The van der Waals surface area contributed by atoms with Crippen LogP contribution in [0.4, 0.5) is 0 Å². The van der Waals surface area contributed by atoms with Gasteiger partial charge in [-0.1, -0.05) is 60.5 Å². The Morgan fingerprint density at radius 1 is 1.05 bits per heavy atom. The second kappa shape index (κ2) is 6.95. The Balaban J connectivity index is 2.06. The predicted octanol–water partition coefficient (Wildman–Crippen LogP) is 5.23. The Labute approximate surface area is 124 Å². The molecule has 2 aromatic rings. The highest BCUT2D eigenvalue weighted by Gasteiger charge is 2.09. The number of benzene rings is 2. The standard InChI is InChI=1S/C16H17Cl2N/c1-2-16(12-6-4-3-5-7-12)19-11-13-10-14(17)8-9-15(13)18/h3-10,16,19H,2,11H2,1H3. The second-order valence-electron chi connectivity index (χ2n) is 4.49. The van der Waals surface area contributed by atoms with E-state index >= 15 is 0 Å².